The molecule has 0 aromatic carbocycles. The summed E-state index contributed by atoms with van der Waals surface area (Å²) in [5, 5.41) is 3.23. The smallest absolute Gasteiger partial charge is 0.205 e. The van der Waals surface area contributed by atoms with E-state index in [-0.39, 0.29) is 59.1 Å². The zero-order valence-electron chi connectivity index (χ0n) is 15.0. The first kappa shape index (κ1) is 26.5. The zero-order valence-corrected chi connectivity index (χ0v) is 20.7. The van der Waals surface area contributed by atoms with Gasteiger partial charge in [0.1, 0.15) is 0 Å². The van der Waals surface area contributed by atoms with Gasteiger partial charge in [-0.25, -0.2) is 0 Å². The van der Waals surface area contributed by atoms with Crippen LogP contribution in [0, 0.1) is 9.54 Å². The molecule has 1 rings (SSSR count). The second-order valence-corrected chi connectivity index (χ2v) is 6.25. The summed E-state index contributed by atoms with van der Waals surface area (Å²) in [6.07, 6.45) is 13.5. The first-order chi connectivity index (χ1) is 10.2. The largest absolute Gasteiger partial charge is 0.356 e. The van der Waals surface area contributed by atoms with E-state index in [1.54, 1.807) is 0 Å². The SMILES string of the molecule is CCCCCCCCCCCCNc1nc(=S)[nH]c(=S)[nH]1.[Na].[Na]. The van der Waals surface area contributed by atoms with Crippen LogP contribution < -0.4 is 5.32 Å². The average molecular weight is 375 g/mol. The quantitative estimate of drug-likeness (QED) is 0.280. The Kier molecular flexibility index (Phi) is 20.8. The van der Waals surface area contributed by atoms with Gasteiger partial charge >= 0.3 is 0 Å². The summed E-state index contributed by atoms with van der Waals surface area (Å²) in [6, 6.07) is 0. The Morgan fingerprint density at radius 2 is 1.35 bits per heavy atom. The third kappa shape index (κ3) is 15.2. The molecule has 1 aromatic heterocycles. The maximum absolute atomic E-state index is 5.02. The van der Waals surface area contributed by atoms with Crippen LogP contribution in [0.4, 0.5) is 5.95 Å². The van der Waals surface area contributed by atoms with Gasteiger partial charge in [0, 0.05) is 65.7 Å². The summed E-state index contributed by atoms with van der Waals surface area (Å²) in [5.41, 5.74) is 0. The van der Waals surface area contributed by atoms with Crippen LogP contribution in [0.2, 0.25) is 0 Å². The van der Waals surface area contributed by atoms with Gasteiger partial charge in [-0.1, -0.05) is 64.7 Å². The van der Waals surface area contributed by atoms with Crippen LogP contribution >= 0.6 is 24.4 Å². The Hall–Kier alpha value is 1.25. The standard InChI is InChI=1S/C15H28N4S2.2Na/c1-2-3-4-5-6-7-8-9-10-11-12-16-13-17-14(20)19-15(21)18-13;;/h2-12H2,1H3,(H3,16,17,18,19,20,21);;. The number of unbranched alkanes of at least 4 members (excludes halogenated alkanes) is 9. The molecule has 0 aliphatic carbocycles. The molecular formula is C15H28N4Na2S2. The molecule has 0 aliphatic rings. The summed E-state index contributed by atoms with van der Waals surface area (Å²) < 4.78 is 0.935. The van der Waals surface area contributed by atoms with Gasteiger partial charge in [0.25, 0.3) is 0 Å². The topological polar surface area (TPSA) is 56.5 Å². The Labute approximate surface area is 195 Å². The van der Waals surface area contributed by atoms with Crippen molar-refractivity contribution in [2.45, 2.75) is 71.1 Å². The van der Waals surface area contributed by atoms with Crippen LogP contribution in [0.15, 0.2) is 0 Å². The van der Waals surface area contributed by atoms with Crippen LogP contribution in [-0.2, 0) is 0 Å². The van der Waals surface area contributed by atoms with Gasteiger partial charge in [0.15, 0.2) is 4.77 Å². The molecule has 0 fully saturated rings. The van der Waals surface area contributed by atoms with Crippen molar-refractivity contribution in [2.75, 3.05) is 11.9 Å². The molecule has 4 nitrogen and oxygen atoms in total. The number of aromatic amines is 2. The fourth-order valence-corrected chi connectivity index (χ4v) is 2.75. The number of hydrogen-bond donors (Lipinski definition) is 3. The minimum Gasteiger partial charge on any atom is -0.356 e. The Morgan fingerprint density at radius 3 is 1.87 bits per heavy atom. The Morgan fingerprint density at radius 1 is 0.826 bits per heavy atom. The number of H-pyrrole nitrogens is 2. The first-order valence-corrected chi connectivity index (χ1v) is 8.98. The van der Waals surface area contributed by atoms with Crippen LogP contribution in [0.5, 0.6) is 0 Å². The molecule has 8 heteroatoms. The molecule has 1 aromatic rings. The minimum atomic E-state index is 0. The molecule has 122 valence electrons. The van der Waals surface area contributed by atoms with Crippen molar-refractivity contribution < 1.29 is 0 Å². The van der Waals surface area contributed by atoms with Gasteiger partial charge in [-0.2, -0.15) is 4.98 Å². The van der Waals surface area contributed by atoms with Crippen molar-refractivity contribution in [3.8, 4) is 0 Å². The minimum absolute atomic E-state index is 0. The third-order valence-corrected chi connectivity index (χ3v) is 3.89. The molecule has 2 radical (unpaired) electrons. The normalized spacial score (nSPS) is 9.78. The maximum Gasteiger partial charge on any atom is 0.205 e. The number of aromatic nitrogens is 3. The first-order valence-electron chi connectivity index (χ1n) is 8.17. The van der Waals surface area contributed by atoms with E-state index < -0.39 is 0 Å². The van der Waals surface area contributed by atoms with E-state index in [9.17, 15) is 0 Å². The zero-order chi connectivity index (χ0) is 15.3. The average Bonchev–Trinajstić information content (AvgIpc) is 2.44. The number of anilines is 1. The Balaban J connectivity index is 0. The summed E-state index contributed by atoms with van der Waals surface area (Å²) in [6.45, 7) is 3.17. The molecule has 0 aliphatic heterocycles. The fraction of sp³-hybridized carbons (Fsp3) is 0.800. The van der Waals surface area contributed by atoms with Crippen LogP contribution in [0.25, 0.3) is 0 Å². The number of nitrogens with zero attached hydrogens (tertiary/aromatic N) is 1. The molecule has 3 N–H and O–H groups in total. The van der Waals surface area contributed by atoms with Gasteiger partial charge in [0.2, 0.25) is 10.7 Å². The molecule has 0 saturated carbocycles. The third-order valence-electron chi connectivity index (χ3n) is 3.49. The van der Waals surface area contributed by atoms with E-state index in [1.807, 2.05) is 0 Å². The van der Waals surface area contributed by atoms with E-state index in [2.05, 4.69) is 27.2 Å². The molecule has 23 heavy (non-hydrogen) atoms. The summed E-state index contributed by atoms with van der Waals surface area (Å²) in [4.78, 5) is 9.87. The van der Waals surface area contributed by atoms with Crippen LogP contribution in [0.1, 0.15) is 71.1 Å². The number of hydrogen-bond acceptors (Lipinski definition) is 4. The second-order valence-electron chi connectivity index (χ2n) is 5.45. The predicted molar refractivity (Wildman–Crippen MR) is 106 cm³/mol. The van der Waals surface area contributed by atoms with Crippen molar-refractivity contribution in [1.29, 1.82) is 0 Å². The molecule has 0 amide bonds. The van der Waals surface area contributed by atoms with Gasteiger partial charge in [-0.15, -0.1) is 0 Å². The monoisotopic (exact) mass is 374 g/mol. The van der Waals surface area contributed by atoms with Gasteiger partial charge in [0.05, 0.1) is 0 Å². The predicted octanol–water partition coefficient (Wildman–Crippen LogP) is 4.77. The molecular weight excluding hydrogens is 346 g/mol. The van der Waals surface area contributed by atoms with Crippen molar-refractivity contribution in [2.24, 2.45) is 0 Å². The second kappa shape index (κ2) is 18.1. The van der Waals surface area contributed by atoms with Crippen molar-refractivity contribution in [1.82, 2.24) is 15.0 Å². The number of rotatable bonds is 12. The summed E-state index contributed by atoms with van der Waals surface area (Å²) >= 11 is 10.00. The summed E-state index contributed by atoms with van der Waals surface area (Å²) in [5.74, 6) is 0.666. The molecule has 0 spiro atoms. The van der Waals surface area contributed by atoms with Crippen molar-refractivity contribution in [3.05, 3.63) is 9.54 Å². The van der Waals surface area contributed by atoms with Crippen LogP contribution in [0.3, 0.4) is 0 Å². The van der Waals surface area contributed by atoms with E-state index in [4.69, 9.17) is 24.4 Å². The summed E-state index contributed by atoms with van der Waals surface area (Å²) in [7, 11) is 0. The molecule has 0 bridgehead atoms. The van der Waals surface area contributed by atoms with Crippen LogP contribution in [-0.4, -0.2) is 80.6 Å². The number of nitrogens with one attached hydrogen (secondary N) is 3. The molecule has 0 atom stereocenters. The van der Waals surface area contributed by atoms with E-state index in [1.165, 1.54) is 57.8 Å². The van der Waals surface area contributed by atoms with Crippen molar-refractivity contribution in [3.63, 3.8) is 0 Å². The maximum atomic E-state index is 5.02. The van der Waals surface area contributed by atoms with E-state index >= 15 is 0 Å². The molecule has 0 saturated heterocycles. The van der Waals surface area contributed by atoms with Crippen molar-refractivity contribution >= 4 is 89.5 Å². The fourth-order valence-electron chi connectivity index (χ4n) is 2.30. The van der Waals surface area contributed by atoms with E-state index in [0.29, 0.717) is 15.5 Å². The molecule has 0 unspecified atom stereocenters. The van der Waals surface area contributed by atoms with Gasteiger partial charge in [-0.3, -0.25) is 0 Å². The van der Waals surface area contributed by atoms with E-state index in [0.717, 1.165) is 13.0 Å². The Bertz CT molecular complexity index is 463. The van der Waals surface area contributed by atoms with Gasteiger partial charge < -0.3 is 15.3 Å². The van der Waals surface area contributed by atoms with Gasteiger partial charge in [-0.05, 0) is 30.9 Å². The molecule has 1 heterocycles.